The van der Waals surface area contributed by atoms with E-state index in [1.165, 1.54) is 13.8 Å². The smallest absolute Gasteiger partial charge is 0.303 e. The number of esters is 2. The zero-order valence-corrected chi connectivity index (χ0v) is 22.8. The van der Waals surface area contributed by atoms with Gasteiger partial charge in [-0.05, 0) is 42.0 Å². The number of rotatable bonds is 10. The van der Waals surface area contributed by atoms with Crippen molar-refractivity contribution in [1.82, 2.24) is 0 Å². The van der Waals surface area contributed by atoms with Crippen molar-refractivity contribution in [2.24, 2.45) is 5.16 Å². The molecule has 2 aromatic carbocycles. The van der Waals surface area contributed by atoms with E-state index in [1.807, 2.05) is 18.2 Å². The number of aliphatic hydroxyl groups excluding tert-OH is 1. The van der Waals surface area contributed by atoms with Crippen LogP contribution in [0.25, 0.3) is 0 Å². The zero-order chi connectivity index (χ0) is 28.6. The number of aliphatic hydroxyl groups is 1. The summed E-state index contributed by atoms with van der Waals surface area (Å²) in [5.74, 6) is 0.790. The third-order valence-electron chi connectivity index (χ3n) is 6.35. The van der Waals surface area contributed by atoms with Crippen LogP contribution in [-0.4, -0.2) is 74.6 Å². The number of benzene rings is 2. The number of carbonyl (C=O) groups excluding carboxylic acids is 2. The van der Waals surface area contributed by atoms with E-state index in [4.69, 9.17) is 33.3 Å². The fraction of sp³-hybridized carbons (Fsp3) is 0.414. The molecule has 0 bridgehead atoms. The fourth-order valence-corrected chi connectivity index (χ4v) is 4.41. The average molecular weight is 556 g/mol. The summed E-state index contributed by atoms with van der Waals surface area (Å²) in [4.78, 5) is 28.4. The summed E-state index contributed by atoms with van der Waals surface area (Å²) in [5.41, 5.74) is 1.55. The van der Waals surface area contributed by atoms with Gasteiger partial charge in [0.15, 0.2) is 6.10 Å². The molecule has 0 radical (unpaired) electrons. The lowest BCUT2D eigenvalue weighted by molar-refractivity contribution is -0.164. The van der Waals surface area contributed by atoms with Crippen LogP contribution in [0.4, 0.5) is 0 Å². The van der Waals surface area contributed by atoms with Gasteiger partial charge >= 0.3 is 11.9 Å². The predicted octanol–water partition coefficient (Wildman–Crippen LogP) is 3.13. The molecule has 0 saturated heterocycles. The van der Waals surface area contributed by atoms with Crippen LogP contribution in [0, 0.1) is 0 Å². The number of fused-ring (bicyclic) bond motifs is 1. The Morgan fingerprint density at radius 1 is 1.00 bits per heavy atom. The molecule has 0 fully saturated rings. The molecule has 2 aromatic rings. The Kier molecular flexibility index (Phi) is 9.62. The maximum Gasteiger partial charge on any atom is 0.303 e. The Morgan fingerprint density at radius 3 is 2.50 bits per heavy atom. The topological polar surface area (TPSA) is 131 Å². The van der Waals surface area contributed by atoms with Gasteiger partial charge < -0.3 is 38.4 Å². The van der Waals surface area contributed by atoms with Crippen molar-refractivity contribution in [1.29, 1.82) is 0 Å². The molecule has 2 heterocycles. The van der Waals surface area contributed by atoms with Crippen LogP contribution in [0.15, 0.2) is 59.8 Å². The number of ether oxygens (including phenoxy) is 6. The van der Waals surface area contributed by atoms with E-state index >= 15 is 0 Å². The summed E-state index contributed by atoms with van der Waals surface area (Å²) in [7, 11) is 3.12. The SMILES string of the molecule is COc1cccc([C@H]2Oc3ccc(OC)cc3/C(=N\OCC[C@@H]3C=C[C@H](OC(C)=O)[C@H](COC(C)=O)O3)[C@@H]2O)c1. The van der Waals surface area contributed by atoms with Crippen LogP contribution in [0.2, 0.25) is 0 Å². The maximum absolute atomic E-state index is 11.4. The molecule has 11 heteroatoms. The fourth-order valence-electron chi connectivity index (χ4n) is 4.41. The highest BCUT2D eigenvalue weighted by atomic mass is 16.6. The van der Waals surface area contributed by atoms with E-state index in [0.29, 0.717) is 34.8 Å². The molecular weight excluding hydrogens is 522 g/mol. The van der Waals surface area contributed by atoms with E-state index in [9.17, 15) is 14.7 Å². The summed E-state index contributed by atoms with van der Waals surface area (Å²) in [6.07, 6.45) is 0.243. The van der Waals surface area contributed by atoms with Crippen molar-refractivity contribution in [3.63, 3.8) is 0 Å². The first-order chi connectivity index (χ1) is 19.3. The Labute approximate surface area is 232 Å². The summed E-state index contributed by atoms with van der Waals surface area (Å²) < 4.78 is 33.1. The second kappa shape index (κ2) is 13.3. The lowest BCUT2D eigenvalue weighted by Gasteiger charge is -2.32. The second-order valence-corrected chi connectivity index (χ2v) is 9.19. The minimum atomic E-state index is -1.14. The van der Waals surface area contributed by atoms with E-state index in [0.717, 1.165) is 0 Å². The monoisotopic (exact) mass is 555 g/mol. The molecule has 0 aromatic heterocycles. The number of methoxy groups -OCH3 is 2. The molecule has 0 amide bonds. The Bertz CT molecular complexity index is 1260. The molecule has 0 saturated carbocycles. The van der Waals surface area contributed by atoms with Crippen molar-refractivity contribution in [2.45, 2.75) is 50.8 Å². The normalized spacial score (nSPS) is 24.4. The summed E-state index contributed by atoms with van der Waals surface area (Å²) >= 11 is 0. The first-order valence-electron chi connectivity index (χ1n) is 12.8. The van der Waals surface area contributed by atoms with E-state index < -0.39 is 42.5 Å². The lowest BCUT2D eigenvalue weighted by atomic mass is 9.92. The number of hydrogen-bond donors (Lipinski definition) is 1. The minimum absolute atomic E-state index is 0.0618. The number of hydrogen-bond acceptors (Lipinski definition) is 11. The van der Waals surface area contributed by atoms with Gasteiger partial charge in [0, 0.05) is 25.8 Å². The molecule has 4 rings (SSSR count). The third kappa shape index (κ3) is 7.10. The van der Waals surface area contributed by atoms with Crippen molar-refractivity contribution in [2.75, 3.05) is 27.4 Å². The zero-order valence-electron chi connectivity index (χ0n) is 22.8. The van der Waals surface area contributed by atoms with Gasteiger partial charge in [-0.1, -0.05) is 23.4 Å². The van der Waals surface area contributed by atoms with Gasteiger partial charge in [0.05, 0.1) is 20.3 Å². The molecule has 5 atom stereocenters. The van der Waals surface area contributed by atoms with Crippen LogP contribution in [0.5, 0.6) is 17.2 Å². The molecule has 1 N–H and O–H groups in total. The van der Waals surface area contributed by atoms with Crippen molar-refractivity contribution >= 4 is 17.7 Å². The Balaban J connectivity index is 1.48. The summed E-state index contributed by atoms with van der Waals surface area (Å²) in [6.45, 7) is 2.68. The molecule has 0 unspecified atom stereocenters. The Hall–Kier alpha value is -4.09. The summed E-state index contributed by atoms with van der Waals surface area (Å²) in [6, 6.07) is 12.5. The van der Waals surface area contributed by atoms with Crippen LogP contribution in [0.1, 0.15) is 37.5 Å². The second-order valence-electron chi connectivity index (χ2n) is 9.19. The van der Waals surface area contributed by atoms with Gasteiger partial charge in [-0.25, -0.2) is 0 Å². The summed E-state index contributed by atoms with van der Waals surface area (Å²) in [5, 5.41) is 15.6. The first-order valence-corrected chi connectivity index (χ1v) is 12.8. The van der Waals surface area contributed by atoms with Crippen LogP contribution in [0.3, 0.4) is 0 Å². The largest absolute Gasteiger partial charge is 0.497 e. The van der Waals surface area contributed by atoms with Gasteiger partial charge in [-0.3, -0.25) is 9.59 Å². The molecule has 40 heavy (non-hydrogen) atoms. The van der Waals surface area contributed by atoms with Gasteiger partial charge in [-0.2, -0.15) is 0 Å². The highest BCUT2D eigenvalue weighted by molar-refractivity contribution is 6.07. The predicted molar refractivity (Wildman–Crippen MR) is 142 cm³/mol. The van der Waals surface area contributed by atoms with Gasteiger partial charge in [0.1, 0.15) is 54.5 Å². The first kappa shape index (κ1) is 28.9. The average Bonchev–Trinajstić information content (AvgIpc) is 2.95. The molecule has 11 nitrogen and oxygen atoms in total. The number of nitrogens with zero attached hydrogens (tertiary/aromatic N) is 1. The van der Waals surface area contributed by atoms with E-state index in [1.54, 1.807) is 50.6 Å². The lowest BCUT2D eigenvalue weighted by Crippen LogP contribution is -2.41. The molecule has 214 valence electrons. The van der Waals surface area contributed by atoms with E-state index in [-0.39, 0.29) is 18.9 Å². The van der Waals surface area contributed by atoms with Crippen LogP contribution >= 0.6 is 0 Å². The van der Waals surface area contributed by atoms with Gasteiger partial charge in [0.2, 0.25) is 0 Å². The van der Waals surface area contributed by atoms with E-state index in [2.05, 4.69) is 5.16 Å². The van der Waals surface area contributed by atoms with Crippen molar-refractivity contribution in [3.8, 4) is 17.2 Å². The van der Waals surface area contributed by atoms with Crippen molar-refractivity contribution < 1.29 is 48.0 Å². The van der Waals surface area contributed by atoms with Gasteiger partial charge in [0.25, 0.3) is 0 Å². The Morgan fingerprint density at radius 2 is 1.77 bits per heavy atom. The molecule has 0 aliphatic carbocycles. The molecular formula is C29H33NO10. The highest BCUT2D eigenvalue weighted by Crippen LogP contribution is 2.38. The molecule has 2 aliphatic rings. The standard InChI is InChI=1S/C29H33NO10/c1-17(31)36-16-26-25(38-18(2)32)11-8-20(39-26)12-13-37-30-27-23-15-22(35-4)9-10-24(23)40-29(28(27)33)19-6-5-7-21(14-19)34-3/h5-11,14-15,20,25-26,28-29,33H,12-13,16H2,1-4H3/b30-27+/t20-,25-,26-,28-,29+/m0/s1. The van der Waals surface area contributed by atoms with Crippen molar-refractivity contribution in [3.05, 3.63) is 65.7 Å². The quantitative estimate of drug-likeness (QED) is 0.202. The number of carbonyl (C=O) groups is 2. The highest BCUT2D eigenvalue weighted by Gasteiger charge is 2.37. The number of oxime groups is 1. The third-order valence-corrected chi connectivity index (χ3v) is 6.35. The maximum atomic E-state index is 11.4. The molecule has 0 spiro atoms. The van der Waals surface area contributed by atoms with Crippen LogP contribution < -0.4 is 14.2 Å². The van der Waals surface area contributed by atoms with Gasteiger partial charge in [-0.15, -0.1) is 0 Å². The molecule has 2 aliphatic heterocycles. The van der Waals surface area contributed by atoms with Crippen LogP contribution in [-0.2, 0) is 28.6 Å². The minimum Gasteiger partial charge on any atom is -0.497 e.